The molecule has 9 aromatic rings. The van der Waals surface area contributed by atoms with Crippen molar-refractivity contribution >= 4 is 34.0 Å². The van der Waals surface area contributed by atoms with Crippen LogP contribution in [0, 0.1) is 83.1 Å². The van der Waals surface area contributed by atoms with Gasteiger partial charge in [0, 0.05) is 0 Å². The number of benzene rings is 9. The van der Waals surface area contributed by atoms with Crippen molar-refractivity contribution in [3.63, 3.8) is 0 Å². The van der Waals surface area contributed by atoms with Crippen molar-refractivity contribution in [2.24, 2.45) is 0 Å². The fourth-order valence-electron chi connectivity index (χ4n) is 12.4. The molecule has 9 rings (SSSR count). The highest BCUT2D eigenvalue weighted by Crippen LogP contribution is 2.27. The molecule has 74 heavy (non-hydrogen) atoms. The first kappa shape index (κ1) is 52.4. The van der Waals surface area contributed by atoms with Crippen LogP contribution >= 0.6 is 11.1 Å². The monoisotopic (exact) mass is 1000 g/mol. The number of aryl methyl sites for hydroxylation is 12. The molecule has 0 aliphatic carbocycles. The minimum atomic E-state index is -3.43. The van der Waals surface area contributed by atoms with Gasteiger partial charge in [-0.1, -0.05) is 231 Å². The fourth-order valence-corrected chi connectivity index (χ4v) is 16.7. The molecule has 0 aliphatic rings. The molecular formula is C72H75ClSi. The predicted molar refractivity (Wildman–Crippen MR) is 322 cm³/mol. The van der Waals surface area contributed by atoms with Crippen LogP contribution in [0.25, 0.3) is 0 Å². The SMILES string of the molecule is Cc1cc(C)cc(Cc2cc(Cc3cc(C)cc(C)c3)cc([Si](Cl)(c3cc(Cc4cc(C)cc(C)c4)cc(Cc4cc(C)cc(C)c4)c3)c3cc(Cc4cc(C)cc(C)c4)cc(Cc4cc(C)cc(C)c4)c3)c2)c1. The zero-order chi connectivity index (χ0) is 52.4. The summed E-state index contributed by atoms with van der Waals surface area (Å²) >= 11 is 9.21. The molecule has 0 aliphatic heterocycles. The van der Waals surface area contributed by atoms with Gasteiger partial charge in [-0.05, 0) is 204 Å². The lowest BCUT2D eigenvalue weighted by Gasteiger charge is -2.30. The van der Waals surface area contributed by atoms with Gasteiger partial charge in [0.1, 0.15) is 0 Å². The molecule has 374 valence electrons. The van der Waals surface area contributed by atoms with Gasteiger partial charge >= 0.3 is 0 Å². The van der Waals surface area contributed by atoms with Gasteiger partial charge in [-0.2, -0.15) is 0 Å². The highest BCUT2D eigenvalue weighted by Gasteiger charge is 2.40. The molecule has 0 saturated heterocycles. The van der Waals surface area contributed by atoms with Crippen LogP contribution in [0.2, 0.25) is 0 Å². The summed E-state index contributed by atoms with van der Waals surface area (Å²) in [7, 11) is -3.43. The summed E-state index contributed by atoms with van der Waals surface area (Å²) in [5.41, 5.74) is 31.3. The standard InChI is InChI=1S/C72H75ClSi/c1-46-13-47(2)20-58(19-46)31-64-37-65(32-59-21-48(3)14-49(4)22-59)41-70(40-64)74(73,71-42-66(33-60-23-50(5)15-51(6)24-60)38-67(43-71)34-61-25-52(7)16-53(8)26-61)72-44-68(35-62-27-54(9)17-55(10)28-62)39-69(45-72)36-63-29-56(11)18-57(12)30-63/h13-30,37-45H,31-36H2,1-12H3. The lowest BCUT2D eigenvalue weighted by Crippen LogP contribution is -2.63. The first-order valence-electron chi connectivity index (χ1n) is 26.8. The summed E-state index contributed by atoms with van der Waals surface area (Å²) < 4.78 is 0. The van der Waals surface area contributed by atoms with Gasteiger partial charge in [0.2, 0.25) is 7.38 Å². The van der Waals surface area contributed by atoms with Crippen LogP contribution in [-0.2, 0) is 38.5 Å². The third-order valence-electron chi connectivity index (χ3n) is 14.5. The Balaban J connectivity index is 1.33. The molecule has 0 nitrogen and oxygen atoms in total. The first-order chi connectivity index (χ1) is 35.2. The van der Waals surface area contributed by atoms with E-state index in [-0.39, 0.29) is 0 Å². The number of hydrogen-bond acceptors (Lipinski definition) is 0. The average molecular weight is 1000 g/mol. The molecule has 0 amide bonds. The minimum Gasteiger partial charge on any atom is -0.149 e. The van der Waals surface area contributed by atoms with Gasteiger partial charge in [0.15, 0.2) is 0 Å². The Morgan fingerprint density at radius 2 is 0.311 bits per heavy atom. The summed E-state index contributed by atoms with van der Waals surface area (Å²) in [4.78, 5) is 0. The lowest BCUT2D eigenvalue weighted by atomic mass is 9.96. The zero-order valence-corrected chi connectivity index (χ0v) is 48.0. The molecule has 9 aromatic carbocycles. The van der Waals surface area contributed by atoms with Crippen molar-refractivity contribution in [1.82, 2.24) is 0 Å². The van der Waals surface area contributed by atoms with E-state index in [1.54, 1.807) is 0 Å². The van der Waals surface area contributed by atoms with E-state index in [1.165, 1.54) is 149 Å². The van der Waals surface area contributed by atoms with Crippen LogP contribution in [0.4, 0.5) is 0 Å². The maximum Gasteiger partial charge on any atom is 0.247 e. The van der Waals surface area contributed by atoms with Crippen molar-refractivity contribution in [2.45, 2.75) is 122 Å². The molecule has 0 saturated carbocycles. The third-order valence-corrected chi connectivity index (χ3v) is 19.7. The Morgan fingerprint density at radius 3 is 0.446 bits per heavy atom. The predicted octanol–water partition coefficient (Wildman–Crippen LogP) is 16.1. The van der Waals surface area contributed by atoms with Gasteiger partial charge in [-0.3, -0.25) is 0 Å². The molecule has 0 unspecified atom stereocenters. The maximum absolute atomic E-state index is 9.21. The summed E-state index contributed by atoms with van der Waals surface area (Å²) in [5, 5.41) is 3.71. The summed E-state index contributed by atoms with van der Waals surface area (Å²) in [6.45, 7) is 26.6. The molecule has 0 atom stereocenters. The van der Waals surface area contributed by atoms with Crippen molar-refractivity contribution in [3.8, 4) is 0 Å². The maximum atomic E-state index is 9.21. The van der Waals surface area contributed by atoms with Gasteiger partial charge in [-0.15, -0.1) is 11.1 Å². The lowest BCUT2D eigenvalue weighted by molar-refractivity contribution is 1.12. The Morgan fingerprint density at radius 1 is 0.189 bits per heavy atom. The Labute approximate surface area is 450 Å². The quantitative estimate of drug-likeness (QED) is 0.0545. The van der Waals surface area contributed by atoms with Crippen molar-refractivity contribution in [2.75, 3.05) is 0 Å². The highest BCUT2D eigenvalue weighted by molar-refractivity contribution is 7.40. The highest BCUT2D eigenvalue weighted by atomic mass is 35.6. The van der Waals surface area contributed by atoms with E-state index >= 15 is 0 Å². The summed E-state index contributed by atoms with van der Waals surface area (Å²) in [6, 6.07) is 64.4. The molecule has 0 bridgehead atoms. The third kappa shape index (κ3) is 13.2. The van der Waals surface area contributed by atoms with Crippen LogP contribution in [0.3, 0.4) is 0 Å². The van der Waals surface area contributed by atoms with Gasteiger partial charge < -0.3 is 0 Å². The molecule has 2 heteroatoms. The van der Waals surface area contributed by atoms with Crippen LogP contribution in [0.5, 0.6) is 0 Å². The normalized spacial score (nSPS) is 11.6. The Bertz CT molecular complexity index is 2840. The van der Waals surface area contributed by atoms with E-state index < -0.39 is 7.38 Å². The molecule has 0 fully saturated rings. The zero-order valence-electron chi connectivity index (χ0n) is 46.2. The number of rotatable bonds is 15. The van der Waals surface area contributed by atoms with Crippen molar-refractivity contribution in [1.29, 1.82) is 0 Å². The molecule has 0 heterocycles. The van der Waals surface area contributed by atoms with Crippen LogP contribution in [-0.4, -0.2) is 7.38 Å². The summed E-state index contributed by atoms with van der Waals surface area (Å²) in [6.07, 6.45) is 4.96. The second-order valence-electron chi connectivity index (χ2n) is 22.8. The van der Waals surface area contributed by atoms with E-state index in [2.05, 4.69) is 247 Å². The van der Waals surface area contributed by atoms with Crippen LogP contribution < -0.4 is 15.6 Å². The minimum absolute atomic E-state index is 0.826. The van der Waals surface area contributed by atoms with Gasteiger partial charge in [0.25, 0.3) is 0 Å². The largest absolute Gasteiger partial charge is 0.247 e. The van der Waals surface area contributed by atoms with E-state index in [0.717, 1.165) is 38.5 Å². The fraction of sp³-hybridized carbons (Fsp3) is 0.250. The smallest absolute Gasteiger partial charge is 0.149 e. The van der Waals surface area contributed by atoms with Crippen LogP contribution in [0.15, 0.2) is 164 Å². The average Bonchev–Trinajstić information content (AvgIpc) is 3.26. The first-order valence-corrected chi connectivity index (χ1v) is 29.8. The number of halogens is 1. The number of hydrogen-bond donors (Lipinski definition) is 0. The van der Waals surface area contributed by atoms with Gasteiger partial charge in [0.05, 0.1) is 0 Å². The van der Waals surface area contributed by atoms with Gasteiger partial charge in [-0.25, -0.2) is 0 Å². The second kappa shape index (κ2) is 22.1. The van der Waals surface area contributed by atoms with E-state index in [9.17, 15) is 11.1 Å². The van der Waals surface area contributed by atoms with E-state index in [1.807, 2.05) is 0 Å². The Kier molecular flexibility index (Phi) is 15.7. The van der Waals surface area contributed by atoms with Crippen LogP contribution in [0.1, 0.15) is 134 Å². The topological polar surface area (TPSA) is 0 Å². The van der Waals surface area contributed by atoms with E-state index in [0.29, 0.717) is 0 Å². The van der Waals surface area contributed by atoms with Crippen molar-refractivity contribution < 1.29 is 0 Å². The molecular weight excluding hydrogens is 928 g/mol. The second-order valence-corrected chi connectivity index (χ2v) is 27.6. The molecule has 0 aromatic heterocycles. The molecule has 0 spiro atoms. The van der Waals surface area contributed by atoms with Crippen molar-refractivity contribution in [3.05, 3.63) is 297 Å². The molecule has 0 N–H and O–H groups in total. The summed E-state index contributed by atoms with van der Waals surface area (Å²) in [5.74, 6) is 0. The Hall–Kier alpha value is -6.51. The van der Waals surface area contributed by atoms with E-state index in [4.69, 9.17) is 0 Å². The molecule has 0 radical (unpaired) electrons.